The highest BCUT2D eigenvalue weighted by molar-refractivity contribution is 6.39. The highest BCUT2D eigenvalue weighted by Crippen LogP contribution is 2.46. The maximum Gasteiger partial charge on any atom is 0.329 e. The van der Waals surface area contributed by atoms with Gasteiger partial charge in [0, 0.05) is 88.9 Å². The van der Waals surface area contributed by atoms with Crippen LogP contribution in [0.25, 0.3) is 0 Å². The third-order valence-corrected chi connectivity index (χ3v) is 18.9. The highest BCUT2D eigenvalue weighted by Gasteiger charge is 2.57. The fourth-order valence-corrected chi connectivity index (χ4v) is 13.9. The number of carbonyl (C=O) groups excluding carboxylic acids is 5. The Bertz CT molecular complexity index is 2250. The first-order valence-electron chi connectivity index (χ1n) is 30.0. The summed E-state index contributed by atoms with van der Waals surface area (Å²) in [6.07, 6.45) is 12.9. The van der Waals surface area contributed by atoms with Crippen molar-refractivity contribution in [1.29, 1.82) is 0 Å². The second kappa shape index (κ2) is 28.4. The molecule has 1 spiro atoms. The van der Waals surface area contributed by atoms with Gasteiger partial charge in [0.15, 0.2) is 5.78 Å². The summed E-state index contributed by atoms with van der Waals surface area (Å²) in [6.45, 7) is 18.2. The van der Waals surface area contributed by atoms with Crippen LogP contribution in [0.1, 0.15) is 119 Å². The quantitative estimate of drug-likeness (QED) is 0.0892. The molecule has 7 heterocycles. The lowest BCUT2D eigenvalue weighted by Crippen LogP contribution is -2.65. The number of ketones is 3. The molecule has 7 aliphatic heterocycles. The summed E-state index contributed by atoms with van der Waals surface area (Å²) in [4.78, 5) is 76.3. The number of allylic oxidation sites excluding steroid dienone is 6. The summed E-state index contributed by atoms with van der Waals surface area (Å²) in [5.74, 6) is -8.43. The van der Waals surface area contributed by atoms with Crippen molar-refractivity contribution >= 4 is 29.2 Å². The first kappa shape index (κ1) is 62.5. The number of carbonyl (C=O) groups is 5. The summed E-state index contributed by atoms with van der Waals surface area (Å²) >= 11 is 0. The molecule has 448 valence electrons. The molecule has 3 unspecified atom stereocenters. The molecular formula is C62H94N2O16. The molecule has 6 saturated heterocycles. The lowest BCUT2D eigenvalue weighted by molar-refractivity contribution is -0.266. The number of aliphatic hydroxyl groups is 2. The minimum Gasteiger partial charge on any atom is -0.460 e. The van der Waals surface area contributed by atoms with E-state index in [2.05, 4.69) is 4.90 Å². The molecule has 2 N–H and O–H groups in total. The minimum atomic E-state index is -2.47. The topological polar surface area (TPSA) is 215 Å². The van der Waals surface area contributed by atoms with E-state index >= 15 is 0 Å². The molecule has 80 heavy (non-hydrogen) atoms. The maximum atomic E-state index is 14.8. The summed E-state index contributed by atoms with van der Waals surface area (Å²) in [6, 6.07) is -1.13. The number of likely N-dealkylation sites (tertiary alicyclic amines) is 1. The number of nitrogens with zero attached hydrogens (tertiary/aromatic N) is 2. The fraction of sp³-hybridized carbons (Fsp3) is 0.790. The highest BCUT2D eigenvalue weighted by atomic mass is 16.6. The molecule has 0 radical (unpaired) electrons. The number of amides is 1. The van der Waals surface area contributed by atoms with Gasteiger partial charge in [0.1, 0.15) is 36.2 Å². The SMILES string of the molecule is CO[C@@H]1C[C@H](CC2[C@H]3CCCN4C(=O)C(=O)[C@]5(O)O[C@@H](CC[C@H]5C)CC(OCCOC5COC5)/C(C)=C/C=C/C=C/[C@@H](C)C[C@@H](C)C(=O)[C@H](OC)[C@H](O)/C(C)=C/[C@@H](C)C(=O)C[C@@H]2OC(=O)C34)CC[C@H]1OCCCN1CC2(COC2)C1. The number of rotatable bonds is 14. The maximum absolute atomic E-state index is 14.8. The Hall–Kier alpha value is -3.53. The Morgan fingerprint density at radius 1 is 0.800 bits per heavy atom. The van der Waals surface area contributed by atoms with Crippen LogP contribution in [0, 0.1) is 46.8 Å². The molecule has 18 heteroatoms. The van der Waals surface area contributed by atoms with E-state index in [1.54, 1.807) is 34.0 Å². The van der Waals surface area contributed by atoms with E-state index in [1.807, 2.05) is 51.2 Å². The van der Waals surface area contributed by atoms with Crippen molar-refractivity contribution in [2.24, 2.45) is 46.8 Å². The third-order valence-electron chi connectivity index (χ3n) is 18.9. The molecule has 0 aromatic rings. The number of methoxy groups -OCH3 is 2. The lowest BCUT2D eigenvalue weighted by atomic mass is 9.68. The van der Waals surface area contributed by atoms with Gasteiger partial charge in [-0.1, -0.05) is 64.2 Å². The van der Waals surface area contributed by atoms with Crippen LogP contribution < -0.4 is 0 Å². The van der Waals surface area contributed by atoms with Crippen LogP contribution in [0.2, 0.25) is 0 Å². The predicted octanol–water partition coefficient (Wildman–Crippen LogP) is 5.93. The summed E-state index contributed by atoms with van der Waals surface area (Å²) in [7, 11) is 3.11. The van der Waals surface area contributed by atoms with Gasteiger partial charge < -0.3 is 62.6 Å². The van der Waals surface area contributed by atoms with Crippen molar-refractivity contribution in [3.63, 3.8) is 0 Å². The number of aliphatic hydroxyl groups excluding tert-OH is 1. The number of ether oxygens (including phenoxy) is 9. The van der Waals surface area contributed by atoms with Crippen LogP contribution >= 0.6 is 0 Å². The zero-order chi connectivity index (χ0) is 57.3. The largest absolute Gasteiger partial charge is 0.460 e. The Labute approximate surface area is 474 Å². The van der Waals surface area contributed by atoms with E-state index in [0.717, 1.165) is 57.7 Å². The van der Waals surface area contributed by atoms with Crippen LogP contribution in [0.3, 0.4) is 0 Å². The van der Waals surface area contributed by atoms with Crippen LogP contribution in [-0.4, -0.2) is 197 Å². The Morgan fingerprint density at radius 3 is 2.26 bits per heavy atom. The summed E-state index contributed by atoms with van der Waals surface area (Å²) < 4.78 is 54.0. The molecule has 0 aromatic heterocycles. The van der Waals surface area contributed by atoms with Crippen molar-refractivity contribution in [2.45, 2.75) is 179 Å². The third kappa shape index (κ3) is 15.0. The van der Waals surface area contributed by atoms with Gasteiger partial charge in [0.25, 0.3) is 11.7 Å². The van der Waals surface area contributed by atoms with Gasteiger partial charge in [-0.15, -0.1) is 0 Å². The van der Waals surface area contributed by atoms with Crippen molar-refractivity contribution < 1.29 is 76.8 Å². The first-order chi connectivity index (χ1) is 38.3. The van der Waals surface area contributed by atoms with Gasteiger partial charge in [-0.25, -0.2) is 4.79 Å². The van der Waals surface area contributed by atoms with Crippen molar-refractivity contribution in [3.8, 4) is 0 Å². The molecule has 7 fully saturated rings. The summed E-state index contributed by atoms with van der Waals surface area (Å²) in [5.41, 5.74) is 1.64. The predicted molar refractivity (Wildman–Crippen MR) is 296 cm³/mol. The summed E-state index contributed by atoms with van der Waals surface area (Å²) in [5, 5.41) is 24.0. The molecule has 1 aliphatic carbocycles. The molecular weight excluding hydrogens is 1030 g/mol. The van der Waals surface area contributed by atoms with Crippen LogP contribution in [0.5, 0.6) is 0 Å². The fourth-order valence-electron chi connectivity index (χ4n) is 13.9. The second-order valence-corrected chi connectivity index (χ2v) is 25.1. The molecule has 8 rings (SSSR count). The van der Waals surface area contributed by atoms with Crippen LogP contribution in [0.4, 0.5) is 0 Å². The second-order valence-electron chi connectivity index (χ2n) is 25.1. The number of esters is 1. The van der Waals surface area contributed by atoms with Crippen molar-refractivity contribution in [1.82, 2.24) is 9.80 Å². The van der Waals surface area contributed by atoms with Gasteiger partial charge in [-0.3, -0.25) is 19.2 Å². The van der Waals surface area contributed by atoms with Crippen molar-refractivity contribution in [3.05, 3.63) is 47.6 Å². The van der Waals surface area contributed by atoms with Gasteiger partial charge >= 0.3 is 5.97 Å². The number of hydrogen-bond acceptors (Lipinski definition) is 17. The van der Waals surface area contributed by atoms with Gasteiger partial charge in [0.2, 0.25) is 5.79 Å². The molecule has 18 nitrogen and oxygen atoms in total. The molecule has 8 aliphatic rings. The van der Waals surface area contributed by atoms with Gasteiger partial charge in [0.05, 0.1) is 64.1 Å². The number of piperidine rings is 1. The van der Waals surface area contributed by atoms with E-state index < -0.39 is 83.7 Å². The number of hydrogen-bond donors (Lipinski definition) is 2. The number of fused-ring (bicyclic) bond motifs is 4. The van der Waals surface area contributed by atoms with E-state index in [-0.39, 0.29) is 73.6 Å². The zero-order valence-electron chi connectivity index (χ0n) is 49.0. The van der Waals surface area contributed by atoms with Crippen LogP contribution in [-0.2, 0) is 66.6 Å². The monoisotopic (exact) mass is 1120 g/mol. The van der Waals surface area contributed by atoms with E-state index in [9.17, 15) is 34.2 Å². The Kier molecular flexibility index (Phi) is 22.2. The van der Waals surface area contributed by atoms with E-state index in [0.29, 0.717) is 82.4 Å². The Morgan fingerprint density at radius 2 is 1.56 bits per heavy atom. The van der Waals surface area contributed by atoms with E-state index in [1.165, 1.54) is 12.0 Å². The normalized spacial score (nSPS) is 40.5. The first-order valence-corrected chi connectivity index (χ1v) is 30.0. The molecule has 0 aromatic carbocycles. The zero-order valence-corrected chi connectivity index (χ0v) is 49.0. The average Bonchev–Trinajstić information content (AvgIpc) is 3.60. The average molecular weight is 1120 g/mol. The smallest absolute Gasteiger partial charge is 0.329 e. The van der Waals surface area contributed by atoms with Gasteiger partial charge in [-0.05, 0) is 107 Å². The van der Waals surface area contributed by atoms with Crippen LogP contribution in [0.15, 0.2) is 47.6 Å². The van der Waals surface area contributed by atoms with E-state index in [4.69, 9.17) is 42.6 Å². The molecule has 4 bridgehead atoms. The van der Waals surface area contributed by atoms with Crippen molar-refractivity contribution in [2.75, 3.05) is 86.6 Å². The Balaban J connectivity index is 1.04. The molecule has 16 atom stereocenters. The van der Waals surface area contributed by atoms with Gasteiger partial charge in [-0.2, -0.15) is 0 Å². The number of Topliss-reactive ketones (excluding diaryl/α,β-unsaturated/α-hetero) is 3. The minimum absolute atomic E-state index is 0.000986. The standard InChI is InChI=1S/C62H94N2O16/c1-38-14-10-9-11-15-39(2)51(78-25-24-76-46-32-74-33-46)30-45-19-17-43(6)62(71,80-45)58(68)59(69)64-22-12-16-47-48(28-44-18-20-50(53(29-44)72-7)77-23-13-21-63-34-61(35-63)36-75-37-61)52(79-60(70)54(47)64)31-49(65)40(3)27-42(5)56(67)57(73-8)55(66)41(4)26-38/h9-11,14-15,27,38,40-41,43-48,50-54,56-57,67,71H,12-13,16-26,28-37H2,1-8H3/b11-9+,14-10+,39-15+,42-27+/t38-,40-,41-,43-,44+,45+,47-,48?,50-,51?,52+,53-,54?,56-,57+,62-/m1/s1. The molecule has 1 amide bonds. The lowest BCUT2D eigenvalue weighted by Gasteiger charge is -2.55. The molecule has 1 saturated carbocycles.